The third-order valence-corrected chi connectivity index (χ3v) is 4.71. The number of hydrogen-bond donors (Lipinski definition) is 2. The monoisotopic (exact) mass is 288 g/mol. The van der Waals surface area contributed by atoms with Crippen LogP contribution in [0.3, 0.4) is 0 Å². The van der Waals surface area contributed by atoms with E-state index in [1.165, 1.54) is 5.56 Å². The van der Waals surface area contributed by atoms with Gasteiger partial charge in [-0.25, -0.2) is 0 Å². The van der Waals surface area contributed by atoms with E-state index in [0.29, 0.717) is 11.8 Å². The van der Waals surface area contributed by atoms with Crippen LogP contribution in [-0.2, 0) is 4.79 Å². The highest BCUT2D eigenvalue weighted by atomic mass is 16.2. The first kappa shape index (κ1) is 16.0. The highest BCUT2D eigenvalue weighted by Gasteiger charge is 2.37. The van der Waals surface area contributed by atoms with Gasteiger partial charge >= 0.3 is 0 Å². The first-order valence-corrected chi connectivity index (χ1v) is 8.03. The van der Waals surface area contributed by atoms with Crippen molar-refractivity contribution in [2.75, 3.05) is 18.4 Å². The number of nitrogens with one attached hydrogen (secondary N) is 2. The molecule has 1 aromatic carbocycles. The van der Waals surface area contributed by atoms with Crippen molar-refractivity contribution >= 4 is 11.6 Å². The van der Waals surface area contributed by atoms with Crippen molar-refractivity contribution in [3.05, 3.63) is 29.8 Å². The maximum Gasteiger partial charge on any atom is 0.230 e. The molecular weight excluding hydrogens is 260 g/mol. The summed E-state index contributed by atoms with van der Waals surface area (Å²) in [6, 6.07) is 8.17. The molecule has 2 rings (SSSR count). The average Bonchev–Trinajstić information content (AvgIpc) is 2.48. The molecule has 0 radical (unpaired) electrons. The van der Waals surface area contributed by atoms with Crippen LogP contribution >= 0.6 is 0 Å². The van der Waals surface area contributed by atoms with E-state index in [1.807, 2.05) is 12.1 Å². The van der Waals surface area contributed by atoms with Gasteiger partial charge in [0.05, 0.1) is 0 Å². The fraction of sp³-hybridized carbons (Fsp3) is 0.611. The van der Waals surface area contributed by atoms with Gasteiger partial charge in [-0.2, -0.15) is 0 Å². The minimum Gasteiger partial charge on any atom is -0.326 e. The number of carbonyl (C=O) groups excluding carboxylic acids is 1. The molecule has 0 aliphatic carbocycles. The quantitative estimate of drug-likeness (QED) is 0.885. The smallest absolute Gasteiger partial charge is 0.230 e. The molecule has 0 saturated carbocycles. The van der Waals surface area contributed by atoms with Gasteiger partial charge < -0.3 is 10.6 Å². The number of benzene rings is 1. The second-order valence-electron chi connectivity index (χ2n) is 7.00. The van der Waals surface area contributed by atoms with E-state index in [4.69, 9.17) is 0 Å². The highest BCUT2D eigenvalue weighted by Crippen LogP contribution is 2.33. The summed E-state index contributed by atoms with van der Waals surface area (Å²) in [5, 5.41) is 6.51. The molecule has 1 unspecified atom stereocenters. The van der Waals surface area contributed by atoms with Gasteiger partial charge in [0.15, 0.2) is 0 Å². The Morgan fingerprint density at radius 1 is 1.38 bits per heavy atom. The van der Waals surface area contributed by atoms with Gasteiger partial charge in [0.1, 0.15) is 0 Å². The maximum atomic E-state index is 12.7. The average molecular weight is 288 g/mol. The lowest BCUT2D eigenvalue weighted by Crippen LogP contribution is -2.44. The summed E-state index contributed by atoms with van der Waals surface area (Å²) in [5.41, 5.74) is 1.81. The van der Waals surface area contributed by atoms with Crippen LogP contribution < -0.4 is 10.6 Å². The predicted molar refractivity (Wildman–Crippen MR) is 88.5 cm³/mol. The van der Waals surface area contributed by atoms with Gasteiger partial charge in [0.25, 0.3) is 0 Å². The normalized spacial score (nSPS) is 19.6. The molecule has 1 saturated heterocycles. The molecule has 3 heteroatoms. The Bertz CT molecular complexity index is 488. The molecule has 1 aliphatic rings. The molecule has 1 heterocycles. The van der Waals surface area contributed by atoms with Crippen molar-refractivity contribution < 1.29 is 4.79 Å². The van der Waals surface area contributed by atoms with Crippen molar-refractivity contribution in [3.8, 4) is 0 Å². The van der Waals surface area contributed by atoms with Crippen LogP contribution in [0.4, 0.5) is 5.69 Å². The molecule has 0 bridgehead atoms. The van der Waals surface area contributed by atoms with Gasteiger partial charge in [-0.3, -0.25) is 4.79 Å². The molecule has 3 nitrogen and oxygen atoms in total. The minimum atomic E-state index is -0.346. The Morgan fingerprint density at radius 2 is 2.14 bits per heavy atom. The molecule has 1 amide bonds. The summed E-state index contributed by atoms with van der Waals surface area (Å²) in [6.45, 7) is 10.5. The van der Waals surface area contributed by atoms with E-state index in [-0.39, 0.29) is 11.3 Å². The molecule has 1 fully saturated rings. The Hall–Kier alpha value is -1.35. The van der Waals surface area contributed by atoms with Crippen LogP contribution in [0.15, 0.2) is 24.3 Å². The van der Waals surface area contributed by atoms with E-state index >= 15 is 0 Å². The number of carbonyl (C=O) groups is 1. The lowest BCUT2D eigenvalue weighted by atomic mass is 9.74. The Kier molecular flexibility index (Phi) is 5.04. The highest BCUT2D eigenvalue weighted by molar-refractivity contribution is 5.95. The summed E-state index contributed by atoms with van der Waals surface area (Å²) >= 11 is 0. The fourth-order valence-electron chi connectivity index (χ4n) is 2.92. The summed E-state index contributed by atoms with van der Waals surface area (Å²) < 4.78 is 0. The van der Waals surface area contributed by atoms with Gasteiger partial charge in [-0.1, -0.05) is 39.8 Å². The zero-order valence-corrected chi connectivity index (χ0v) is 13.7. The van der Waals surface area contributed by atoms with E-state index in [1.54, 1.807) is 0 Å². The zero-order valence-electron chi connectivity index (χ0n) is 13.7. The van der Waals surface area contributed by atoms with Crippen LogP contribution in [0, 0.1) is 11.3 Å². The standard InChI is InChI=1S/C18H28N2O/c1-13(2)14-7-5-9-16(11-14)20-17(21)18(3,4)15-8-6-10-19-12-15/h5,7,9,11,13,15,19H,6,8,10,12H2,1-4H3,(H,20,21). The maximum absolute atomic E-state index is 12.7. The number of amides is 1. The van der Waals surface area contributed by atoms with Gasteiger partial charge in [-0.15, -0.1) is 0 Å². The van der Waals surface area contributed by atoms with Crippen LogP contribution in [0.1, 0.15) is 52.0 Å². The predicted octanol–water partition coefficient (Wildman–Crippen LogP) is 3.77. The Labute approximate surface area is 128 Å². The lowest BCUT2D eigenvalue weighted by Gasteiger charge is -2.36. The van der Waals surface area contributed by atoms with E-state index < -0.39 is 0 Å². The van der Waals surface area contributed by atoms with Gasteiger partial charge in [-0.05, 0) is 55.5 Å². The van der Waals surface area contributed by atoms with Crippen LogP contribution in [0.25, 0.3) is 0 Å². The lowest BCUT2D eigenvalue weighted by molar-refractivity contribution is -0.127. The fourth-order valence-corrected chi connectivity index (χ4v) is 2.92. The Balaban J connectivity index is 2.07. The third-order valence-electron chi connectivity index (χ3n) is 4.71. The molecular formula is C18H28N2O. The SMILES string of the molecule is CC(C)c1cccc(NC(=O)C(C)(C)C2CCCNC2)c1. The molecule has 1 aliphatic heterocycles. The molecule has 116 valence electrons. The van der Waals surface area contributed by atoms with Crippen LogP contribution in [0.5, 0.6) is 0 Å². The second-order valence-corrected chi connectivity index (χ2v) is 7.00. The van der Waals surface area contributed by atoms with Crippen LogP contribution in [0.2, 0.25) is 0 Å². The van der Waals surface area contributed by atoms with E-state index in [0.717, 1.165) is 31.6 Å². The zero-order chi connectivity index (χ0) is 15.5. The largest absolute Gasteiger partial charge is 0.326 e. The number of anilines is 1. The summed E-state index contributed by atoms with van der Waals surface area (Å²) in [7, 11) is 0. The molecule has 0 spiro atoms. The minimum absolute atomic E-state index is 0.122. The van der Waals surface area contributed by atoms with Crippen molar-refractivity contribution in [1.29, 1.82) is 0 Å². The molecule has 2 N–H and O–H groups in total. The van der Waals surface area contributed by atoms with Crippen LogP contribution in [-0.4, -0.2) is 19.0 Å². The van der Waals surface area contributed by atoms with Gasteiger partial charge in [0, 0.05) is 11.1 Å². The number of hydrogen-bond acceptors (Lipinski definition) is 2. The first-order valence-electron chi connectivity index (χ1n) is 8.03. The van der Waals surface area contributed by atoms with Crippen molar-refractivity contribution in [2.24, 2.45) is 11.3 Å². The van der Waals surface area contributed by atoms with Crippen molar-refractivity contribution in [2.45, 2.75) is 46.5 Å². The molecule has 0 aromatic heterocycles. The second kappa shape index (κ2) is 6.61. The molecule has 1 aromatic rings. The van der Waals surface area contributed by atoms with Crippen molar-refractivity contribution in [1.82, 2.24) is 5.32 Å². The first-order chi connectivity index (χ1) is 9.91. The van der Waals surface area contributed by atoms with E-state index in [2.05, 4.69) is 50.5 Å². The van der Waals surface area contributed by atoms with Crippen molar-refractivity contribution in [3.63, 3.8) is 0 Å². The third kappa shape index (κ3) is 3.85. The topological polar surface area (TPSA) is 41.1 Å². The number of rotatable bonds is 4. The number of piperidine rings is 1. The van der Waals surface area contributed by atoms with E-state index in [9.17, 15) is 4.79 Å². The summed E-state index contributed by atoms with van der Waals surface area (Å²) in [6.07, 6.45) is 2.28. The molecule has 21 heavy (non-hydrogen) atoms. The Morgan fingerprint density at radius 3 is 2.76 bits per heavy atom. The van der Waals surface area contributed by atoms with Gasteiger partial charge in [0.2, 0.25) is 5.91 Å². The summed E-state index contributed by atoms with van der Waals surface area (Å²) in [4.78, 5) is 12.7. The summed E-state index contributed by atoms with van der Waals surface area (Å²) in [5.74, 6) is 0.994. The molecule has 1 atom stereocenters.